The number of piperazine rings is 1. The molecular weight excluding hydrogens is 329 g/mol. The molecule has 0 spiro atoms. The molecule has 1 aromatic rings. The van der Waals surface area contributed by atoms with E-state index in [1.54, 1.807) is 6.07 Å². The SMILES string of the molecule is CCC[C@H](c1ccc(C(F)(F)F)cc1OC)N1CCNCC1.Cl. The van der Waals surface area contributed by atoms with E-state index in [0.29, 0.717) is 5.75 Å². The average molecular weight is 353 g/mol. The molecule has 7 heteroatoms. The summed E-state index contributed by atoms with van der Waals surface area (Å²) in [5.41, 5.74) is 0.183. The lowest BCUT2D eigenvalue weighted by Gasteiger charge is -2.36. The first kappa shape index (κ1) is 20.1. The van der Waals surface area contributed by atoms with Gasteiger partial charge in [0.25, 0.3) is 0 Å². The van der Waals surface area contributed by atoms with Crippen molar-refractivity contribution in [3.63, 3.8) is 0 Å². The minimum atomic E-state index is -4.35. The lowest BCUT2D eigenvalue weighted by atomic mass is 9.97. The monoisotopic (exact) mass is 352 g/mol. The lowest BCUT2D eigenvalue weighted by molar-refractivity contribution is -0.137. The standard InChI is InChI=1S/C16H23F3N2O.ClH/c1-3-4-14(21-9-7-20-8-10-21)13-6-5-12(16(17,18)19)11-15(13)22-2;/h5-6,11,14,20H,3-4,7-10H2,1-2H3;1H/t14-;/m1./s1. The highest BCUT2D eigenvalue weighted by Gasteiger charge is 2.32. The molecule has 1 heterocycles. The Balaban J connectivity index is 0.00000264. The van der Waals surface area contributed by atoms with Gasteiger partial charge in [0, 0.05) is 37.8 Å². The summed E-state index contributed by atoms with van der Waals surface area (Å²) < 4.78 is 43.9. The van der Waals surface area contributed by atoms with Gasteiger partial charge in [-0.15, -0.1) is 12.4 Å². The van der Waals surface area contributed by atoms with E-state index < -0.39 is 11.7 Å². The second-order valence-electron chi connectivity index (χ2n) is 5.54. The Hall–Kier alpha value is -0.980. The van der Waals surface area contributed by atoms with Crippen LogP contribution in [0.15, 0.2) is 18.2 Å². The van der Waals surface area contributed by atoms with E-state index in [1.807, 2.05) is 0 Å². The highest BCUT2D eigenvalue weighted by molar-refractivity contribution is 5.85. The maximum atomic E-state index is 12.9. The molecule has 0 aromatic heterocycles. The van der Waals surface area contributed by atoms with Crippen molar-refractivity contribution in [2.24, 2.45) is 0 Å². The maximum Gasteiger partial charge on any atom is 0.416 e. The van der Waals surface area contributed by atoms with Crippen LogP contribution in [0.4, 0.5) is 13.2 Å². The molecule has 1 aliphatic heterocycles. The van der Waals surface area contributed by atoms with Crippen LogP contribution >= 0.6 is 12.4 Å². The van der Waals surface area contributed by atoms with Gasteiger partial charge < -0.3 is 10.1 Å². The van der Waals surface area contributed by atoms with Crippen LogP contribution in [-0.2, 0) is 6.18 Å². The quantitative estimate of drug-likeness (QED) is 0.870. The van der Waals surface area contributed by atoms with Crippen LogP contribution in [0.2, 0.25) is 0 Å². The number of hydrogen-bond donors (Lipinski definition) is 1. The highest BCUT2D eigenvalue weighted by Crippen LogP contribution is 2.38. The first-order chi connectivity index (χ1) is 10.5. The van der Waals surface area contributed by atoms with Crippen molar-refractivity contribution in [3.8, 4) is 5.75 Å². The molecule has 1 atom stereocenters. The fourth-order valence-electron chi connectivity index (χ4n) is 2.96. The molecule has 0 unspecified atom stereocenters. The lowest BCUT2D eigenvalue weighted by Crippen LogP contribution is -2.45. The van der Waals surface area contributed by atoms with Crippen LogP contribution in [0, 0.1) is 0 Å². The molecule has 1 aromatic carbocycles. The molecule has 0 radical (unpaired) electrons. The molecule has 0 saturated carbocycles. The zero-order chi connectivity index (χ0) is 16.2. The summed E-state index contributed by atoms with van der Waals surface area (Å²) in [6.07, 6.45) is -2.47. The minimum absolute atomic E-state index is 0. The van der Waals surface area contributed by atoms with E-state index in [4.69, 9.17) is 4.74 Å². The summed E-state index contributed by atoms with van der Waals surface area (Å²) in [7, 11) is 1.43. The molecule has 1 aliphatic rings. The summed E-state index contributed by atoms with van der Waals surface area (Å²) >= 11 is 0. The number of ether oxygens (including phenoxy) is 1. The summed E-state index contributed by atoms with van der Waals surface area (Å²) in [4.78, 5) is 2.32. The van der Waals surface area contributed by atoms with Crippen LogP contribution < -0.4 is 10.1 Å². The van der Waals surface area contributed by atoms with Gasteiger partial charge in [-0.05, 0) is 18.6 Å². The Kier molecular flexibility index (Phi) is 7.64. The van der Waals surface area contributed by atoms with Gasteiger partial charge in [0.15, 0.2) is 0 Å². The first-order valence-electron chi connectivity index (χ1n) is 7.67. The maximum absolute atomic E-state index is 12.9. The van der Waals surface area contributed by atoms with Crippen LogP contribution in [0.5, 0.6) is 5.75 Å². The summed E-state index contributed by atoms with van der Waals surface area (Å²) in [5.74, 6) is 0.326. The van der Waals surface area contributed by atoms with Crippen molar-refractivity contribution >= 4 is 12.4 Å². The number of benzene rings is 1. The van der Waals surface area contributed by atoms with Crippen molar-refractivity contribution in [2.75, 3.05) is 33.3 Å². The molecule has 2 rings (SSSR count). The third kappa shape index (κ3) is 4.99. The molecule has 1 fully saturated rings. The largest absolute Gasteiger partial charge is 0.496 e. The minimum Gasteiger partial charge on any atom is -0.496 e. The topological polar surface area (TPSA) is 24.5 Å². The molecular formula is C16H24ClF3N2O. The van der Waals surface area contributed by atoms with Crippen molar-refractivity contribution in [2.45, 2.75) is 32.0 Å². The van der Waals surface area contributed by atoms with E-state index in [0.717, 1.165) is 56.7 Å². The number of halogens is 4. The van der Waals surface area contributed by atoms with Crippen LogP contribution in [-0.4, -0.2) is 38.2 Å². The zero-order valence-corrected chi connectivity index (χ0v) is 14.3. The predicted molar refractivity (Wildman–Crippen MR) is 87.3 cm³/mol. The van der Waals surface area contributed by atoms with E-state index in [1.165, 1.54) is 7.11 Å². The molecule has 0 bridgehead atoms. The summed E-state index contributed by atoms with van der Waals surface area (Å²) in [6, 6.07) is 3.94. The van der Waals surface area contributed by atoms with Crippen LogP contribution in [0.3, 0.4) is 0 Å². The molecule has 0 aliphatic carbocycles. The Labute approximate surface area is 141 Å². The van der Waals surface area contributed by atoms with Crippen molar-refractivity contribution in [1.82, 2.24) is 10.2 Å². The van der Waals surface area contributed by atoms with Crippen molar-refractivity contribution in [3.05, 3.63) is 29.3 Å². The van der Waals surface area contributed by atoms with Crippen LogP contribution in [0.1, 0.15) is 36.9 Å². The second kappa shape index (κ2) is 8.76. The molecule has 3 nitrogen and oxygen atoms in total. The Morgan fingerprint density at radius 1 is 1.26 bits per heavy atom. The Morgan fingerprint density at radius 3 is 2.43 bits per heavy atom. The normalized spacial score (nSPS) is 17.4. The average Bonchev–Trinajstić information content (AvgIpc) is 2.52. The number of rotatable bonds is 5. The van der Waals surface area contributed by atoms with Gasteiger partial charge in [-0.25, -0.2) is 0 Å². The number of nitrogens with one attached hydrogen (secondary N) is 1. The van der Waals surface area contributed by atoms with E-state index >= 15 is 0 Å². The van der Waals surface area contributed by atoms with Gasteiger partial charge >= 0.3 is 6.18 Å². The number of alkyl halides is 3. The summed E-state index contributed by atoms with van der Waals surface area (Å²) in [6.45, 7) is 5.70. The van der Waals surface area contributed by atoms with Crippen molar-refractivity contribution in [1.29, 1.82) is 0 Å². The summed E-state index contributed by atoms with van der Waals surface area (Å²) in [5, 5.41) is 3.30. The number of methoxy groups -OCH3 is 1. The van der Waals surface area contributed by atoms with Gasteiger partial charge in [0.1, 0.15) is 5.75 Å². The third-order valence-electron chi connectivity index (χ3n) is 4.07. The molecule has 23 heavy (non-hydrogen) atoms. The second-order valence-corrected chi connectivity index (χ2v) is 5.54. The third-order valence-corrected chi connectivity index (χ3v) is 4.07. The molecule has 1 saturated heterocycles. The van der Waals surface area contributed by atoms with E-state index in [2.05, 4.69) is 17.1 Å². The van der Waals surface area contributed by atoms with Gasteiger partial charge in [0.05, 0.1) is 12.7 Å². The predicted octanol–water partition coefficient (Wildman–Crippen LogP) is 3.88. The first-order valence-corrected chi connectivity index (χ1v) is 7.67. The van der Waals surface area contributed by atoms with E-state index in [-0.39, 0.29) is 18.4 Å². The number of nitrogens with zero attached hydrogens (tertiary/aromatic N) is 1. The van der Waals surface area contributed by atoms with Gasteiger partial charge in [-0.1, -0.05) is 19.4 Å². The van der Waals surface area contributed by atoms with Gasteiger partial charge in [-0.2, -0.15) is 13.2 Å². The molecule has 0 amide bonds. The molecule has 1 N–H and O–H groups in total. The van der Waals surface area contributed by atoms with Gasteiger partial charge in [-0.3, -0.25) is 4.90 Å². The highest BCUT2D eigenvalue weighted by atomic mass is 35.5. The van der Waals surface area contributed by atoms with Gasteiger partial charge in [0.2, 0.25) is 0 Å². The number of hydrogen-bond acceptors (Lipinski definition) is 3. The van der Waals surface area contributed by atoms with Crippen LogP contribution in [0.25, 0.3) is 0 Å². The van der Waals surface area contributed by atoms with Crippen molar-refractivity contribution < 1.29 is 17.9 Å². The van der Waals surface area contributed by atoms with E-state index in [9.17, 15) is 13.2 Å². The Bertz CT molecular complexity index is 491. The zero-order valence-electron chi connectivity index (χ0n) is 13.4. The smallest absolute Gasteiger partial charge is 0.416 e. The Morgan fingerprint density at radius 2 is 1.91 bits per heavy atom. The molecule has 132 valence electrons. The fourth-order valence-corrected chi connectivity index (χ4v) is 2.96. The fraction of sp³-hybridized carbons (Fsp3) is 0.625.